The van der Waals surface area contributed by atoms with Gasteiger partial charge in [0.05, 0.1) is 6.61 Å². The Bertz CT molecular complexity index is 705. The lowest BCUT2D eigenvalue weighted by atomic mass is 10.2. The van der Waals surface area contributed by atoms with Crippen molar-refractivity contribution < 1.29 is 17.9 Å². The van der Waals surface area contributed by atoms with Crippen molar-refractivity contribution in [1.29, 1.82) is 0 Å². The van der Waals surface area contributed by atoms with Crippen LogP contribution >= 0.6 is 0 Å². The minimum absolute atomic E-state index is 0.109. The van der Waals surface area contributed by atoms with Crippen molar-refractivity contribution in [3.05, 3.63) is 60.0 Å². The normalized spacial score (nSPS) is 11.0. The van der Waals surface area contributed by atoms with Crippen molar-refractivity contribution in [2.75, 3.05) is 0 Å². The summed E-state index contributed by atoms with van der Waals surface area (Å²) in [5.41, 5.74) is 0.161. The zero-order chi connectivity index (χ0) is 14.7. The Morgan fingerprint density at radius 2 is 2.00 bits per heavy atom. The van der Waals surface area contributed by atoms with Crippen LogP contribution in [0.15, 0.2) is 41.3 Å². The number of nitrogens with one attached hydrogen (secondary N) is 1. The SMILES string of the molecule is Fc1cccc(F)c1-c1nc(COCc2ncc[nH]2)co1. The second kappa shape index (κ2) is 5.84. The van der Waals surface area contributed by atoms with Gasteiger partial charge in [-0.3, -0.25) is 0 Å². The number of H-pyrrole nitrogens is 1. The van der Waals surface area contributed by atoms with E-state index in [-0.39, 0.29) is 24.7 Å². The number of halogens is 2. The number of imidazole rings is 1. The van der Waals surface area contributed by atoms with Gasteiger partial charge in [-0.25, -0.2) is 18.7 Å². The molecule has 21 heavy (non-hydrogen) atoms. The molecule has 0 saturated carbocycles. The lowest BCUT2D eigenvalue weighted by Crippen LogP contribution is -1.96. The molecule has 3 rings (SSSR count). The Morgan fingerprint density at radius 3 is 2.71 bits per heavy atom. The van der Waals surface area contributed by atoms with E-state index in [1.807, 2.05) is 0 Å². The average Bonchev–Trinajstić information content (AvgIpc) is 3.11. The molecule has 0 fully saturated rings. The molecule has 0 spiro atoms. The highest BCUT2D eigenvalue weighted by Crippen LogP contribution is 2.25. The fourth-order valence-electron chi connectivity index (χ4n) is 1.82. The highest BCUT2D eigenvalue weighted by Gasteiger charge is 2.16. The van der Waals surface area contributed by atoms with Gasteiger partial charge in [-0.05, 0) is 12.1 Å². The van der Waals surface area contributed by atoms with Gasteiger partial charge in [-0.2, -0.15) is 0 Å². The van der Waals surface area contributed by atoms with Crippen LogP contribution in [0.3, 0.4) is 0 Å². The number of benzene rings is 1. The van der Waals surface area contributed by atoms with E-state index in [0.29, 0.717) is 11.5 Å². The maximum absolute atomic E-state index is 13.6. The van der Waals surface area contributed by atoms with E-state index >= 15 is 0 Å². The molecule has 0 amide bonds. The zero-order valence-electron chi connectivity index (χ0n) is 10.8. The molecule has 1 N–H and O–H groups in total. The van der Waals surface area contributed by atoms with Crippen molar-refractivity contribution in [2.24, 2.45) is 0 Å². The van der Waals surface area contributed by atoms with Gasteiger partial charge in [0.25, 0.3) is 0 Å². The molecular formula is C14H11F2N3O2. The average molecular weight is 291 g/mol. The molecule has 7 heteroatoms. The molecule has 1 aromatic carbocycles. The van der Waals surface area contributed by atoms with E-state index in [4.69, 9.17) is 9.15 Å². The number of aromatic nitrogens is 3. The van der Waals surface area contributed by atoms with Crippen LogP contribution in [-0.2, 0) is 18.0 Å². The lowest BCUT2D eigenvalue weighted by Gasteiger charge is -1.99. The Balaban J connectivity index is 1.69. The summed E-state index contributed by atoms with van der Waals surface area (Å²) < 4.78 is 37.7. The van der Waals surface area contributed by atoms with E-state index in [9.17, 15) is 8.78 Å². The van der Waals surface area contributed by atoms with Crippen LogP contribution in [-0.4, -0.2) is 15.0 Å². The van der Waals surface area contributed by atoms with E-state index in [0.717, 1.165) is 12.1 Å². The number of hydrogen-bond acceptors (Lipinski definition) is 4. The fourth-order valence-corrected chi connectivity index (χ4v) is 1.82. The van der Waals surface area contributed by atoms with Gasteiger partial charge >= 0.3 is 0 Å². The largest absolute Gasteiger partial charge is 0.444 e. The second-order valence-corrected chi connectivity index (χ2v) is 4.27. The number of rotatable bonds is 5. The molecule has 108 valence electrons. The molecule has 0 bridgehead atoms. The van der Waals surface area contributed by atoms with Crippen molar-refractivity contribution in [2.45, 2.75) is 13.2 Å². The Hall–Kier alpha value is -2.54. The van der Waals surface area contributed by atoms with Crippen LogP contribution in [0.25, 0.3) is 11.5 Å². The van der Waals surface area contributed by atoms with Crippen LogP contribution in [0.1, 0.15) is 11.5 Å². The van der Waals surface area contributed by atoms with Crippen LogP contribution in [0.4, 0.5) is 8.78 Å². The fraction of sp³-hybridized carbons (Fsp3) is 0.143. The summed E-state index contributed by atoms with van der Waals surface area (Å²) in [5.74, 6) is -0.874. The number of hydrogen-bond donors (Lipinski definition) is 1. The molecule has 2 aromatic heterocycles. The second-order valence-electron chi connectivity index (χ2n) is 4.27. The van der Waals surface area contributed by atoms with Gasteiger partial charge in [0, 0.05) is 12.4 Å². The predicted octanol–water partition coefficient (Wildman–Crippen LogP) is 3.06. The first-order valence-corrected chi connectivity index (χ1v) is 6.19. The number of nitrogens with zero attached hydrogens (tertiary/aromatic N) is 2. The van der Waals surface area contributed by atoms with Gasteiger partial charge in [0.2, 0.25) is 5.89 Å². The summed E-state index contributed by atoms with van der Waals surface area (Å²) in [5, 5.41) is 0. The number of oxazole rings is 1. The molecular weight excluding hydrogens is 280 g/mol. The molecule has 0 aliphatic heterocycles. The Kier molecular flexibility index (Phi) is 3.74. The lowest BCUT2D eigenvalue weighted by molar-refractivity contribution is 0.0996. The van der Waals surface area contributed by atoms with Gasteiger partial charge in [-0.1, -0.05) is 6.07 Å². The molecule has 0 radical (unpaired) electrons. The van der Waals surface area contributed by atoms with E-state index in [1.54, 1.807) is 12.4 Å². The van der Waals surface area contributed by atoms with Gasteiger partial charge in [-0.15, -0.1) is 0 Å². The summed E-state index contributed by atoms with van der Waals surface area (Å²) in [7, 11) is 0. The summed E-state index contributed by atoms with van der Waals surface area (Å²) in [4.78, 5) is 10.9. The molecule has 0 aliphatic carbocycles. The third-order valence-corrected chi connectivity index (χ3v) is 2.77. The first-order valence-electron chi connectivity index (χ1n) is 6.19. The predicted molar refractivity (Wildman–Crippen MR) is 68.9 cm³/mol. The number of ether oxygens (including phenoxy) is 1. The summed E-state index contributed by atoms with van der Waals surface area (Å²) in [6, 6.07) is 3.58. The van der Waals surface area contributed by atoms with Crippen molar-refractivity contribution in [1.82, 2.24) is 15.0 Å². The molecule has 5 nitrogen and oxygen atoms in total. The van der Waals surface area contributed by atoms with Gasteiger partial charge in [0.15, 0.2) is 0 Å². The molecule has 2 heterocycles. The Morgan fingerprint density at radius 1 is 1.19 bits per heavy atom. The topological polar surface area (TPSA) is 63.9 Å². The summed E-state index contributed by atoms with van der Waals surface area (Å²) in [6.07, 6.45) is 4.62. The van der Waals surface area contributed by atoms with E-state index in [2.05, 4.69) is 15.0 Å². The quantitative estimate of drug-likeness (QED) is 0.784. The smallest absolute Gasteiger partial charge is 0.232 e. The minimum Gasteiger partial charge on any atom is -0.444 e. The molecule has 3 aromatic rings. The maximum Gasteiger partial charge on any atom is 0.232 e. The van der Waals surface area contributed by atoms with Crippen LogP contribution < -0.4 is 0 Å². The van der Waals surface area contributed by atoms with Crippen LogP contribution in [0.5, 0.6) is 0 Å². The third kappa shape index (κ3) is 2.97. The monoisotopic (exact) mass is 291 g/mol. The minimum atomic E-state index is -0.722. The molecule has 0 saturated heterocycles. The van der Waals surface area contributed by atoms with E-state index in [1.165, 1.54) is 12.3 Å². The molecule has 0 atom stereocenters. The van der Waals surface area contributed by atoms with E-state index < -0.39 is 11.6 Å². The van der Waals surface area contributed by atoms with Crippen molar-refractivity contribution in [3.63, 3.8) is 0 Å². The van der Waals surface area contributed by atoms with Gasteiger partial charge < -0.3 is 14.1 Å². The third-order valence-electron chi connectivity index (χ3n) is 2.77. The highest BCUT2D eigenvalue weighted by molar-refractivity contribution is 5.55. The van der Waals surface area contributed by atoms with Crippen molar-refractivity contribution in [3.8, 4) is 11.5 Å². The highest BCUT2D eigenvalue weighted by atomic mass is 19.1. The first-order chi connectivity index (χ1) is 10.2. The molecule has 0 unspecified atom stereocenters. The first kappa shape index (κ1) is 13.4. The van der Waals surface area contributed by atoms with Crippen molar-refractivity contribution >= 4 is 0 Å². The van der Waals surface area contributed by atoms with Crippen LogP contribution in [0, 0.1) is 11.6 Å². The van der Waals surface area contributed by atoms with Gasteiger partial charge in [0.1, 0.15) is 41.6 Å². The number of aromatic amines is 1. The zero-order valence-corrected chi connectivity index (χ0v) is 10.8. The molecule has 0 aliphatic rings. The standard InChI is InChI=1S/C14H11F2N3O2/c15-10-2-1-3-11(16)13(10)14-19-9(7-21-14)6-20-8-12-17-4-5-18-12/h1-5,7H,6,8H2,(H,17,18). The summed E-state index contributed by atoms with van der Waals surface area (Å²) >= 11 is 0. The summed E-state index contributed by atoms with van der Waals surface area (Å²) in [6.45, 7) is 0.434. The maximum atomic E-state index is 13.6. The van der Waals surface area contributed by atoms with Crippen LogP contribution in [0.2, 0.25) is 0 Å². The Labute approximate surface area is 118 Å².